The number of hydrogen-bond donors (Lipinski definition) is 0. The van der Waals surface area contributed by atoms with Gasteiger partial charge in [0.2, 0.25) is 0 Å². The molecule has 0 fully saturated rings. The Morgan fingerprint density at radius 2 is 1.31 bits per heavy atom. The summed E-state index contributed by atoms with van der Waals surface area (Å²) in [4.78, 5) is 2.83. The van der Waals surface area contributed by atoms with E-state index in [2.05, 4.69) is 29.0 Å². The molecule has 0 radical (unpaired) electrons. The topological polar surface area (TPSA) is 46.2 Å². The fourth-order valence-electron chi connectivity index (χ4n) is 2.76. The number of rotatable bonds is 19. The normalized spacial score (nSPS) is 11.3. The highest BCUT2D eigenvalue weighted by atomic mass is 32.1. The van der Waals surface area contributed by atoms with E-state index in [0.29, 0.717) is 52.9 Å². The van der Waals surface area contributed by atoms with E-state index in [9.17, 15) is 0 Å². The minimum Gasteiger partial charge on any atom is -0.382 e. The summed E-state index contributed by atoms with van der Waals surface area (Å²) in [7, 11) is 1.66. The summed E-state index contributed by atoms with van der Waals surface area (Å²) in [5.41, 5.74) is 1.48. The van der Waals surface area contributed by atoms with Crippen LogP contribution in [0.3, 0.4) is 0 Å². The van der Waals surface area contributed by atoms with Gasteiger partial charge in [0.15, 0.2) is 0 Å². The number of unbranched alkanes of at least 4 members (excludes halogenated alkanes) is 2. The molecule has 0 spiro atoms. The average Bonchev–Trinajstić information content (AvgIpc) is 3.42. The Labute approximate surface area is 182 Å². The monoisotopic (exact) mass is 442 g/mol. The van der Waals surface area contributed by atoms with Crippen molar-refractivity contribution >= 4 is 22.7 Å². The molecule has 2 rings (SSSR count). The fraction of sp³-hybridized carbons (Fsp3) is 0.636. The lowest BCUT2D eigenvalue weighted by molar-refractivity contribution is -0.00800. The molecule has 0 saturated heterocycles. The van der Waals surface area contributed by atoms with E-state index in [0.717, 1.165) is 19.4 Å². The second kappa shape index (κ2) is 16.9. The van der Waals surface area contributed by atoms with Crippen molar-refractivity contribution in [2.24, 2.45) is 0 Å². The van der Waals surface area contributed by atoms with E-state index in [-0.39, 0.29) is 0 Å². The fourth-order valence-corrected chi connectivity index (χ4v) is 4.62. The molecule has 2 aromatic rings. The number of methoxy groups -OCH3 is 1. The van der Waals surface area contributed by atoms with Crippen LogP contribution in [0, 0.1) is 0 Å². The molecule has 0 unspecified atom stereocenters. The van der Waals surface area contributed by atoms with Crippen LogP contribution in [0.2, 0.25) is 0 Å². The Morgan fingerprint density at radius 3 is 1.93 bits per heavy atom. The van der Waals surface area contributed by atoms with Gasteiger partial charge in [-0.25, -0.2) is 0 Å². The van der Waals surface area contributed by atoms with Crippen LogP contribution in [0.4, 0.5) is 0 Å². The molecule has 0 aliphatic carbocycles. The molecule has 0 aromatic carbocycles. The first kappa shape index (κ1) is 24.5. The van der Waals surface area contributed by atoms with Crippen molar-refractivity contribution in [3.8, 4) is 9.75 Å². The van der Waals surface area contributed by atoms with Crippen molar-refractivity contribution in [1.29, 1.82) is 0 Å². The quantitative estimate of drug-likeness (QED) is 0.290. The van der Waals surface area contributed by atoms with Gasteiger partial charge in [-0.3, -0.25) is 0 Å². The molecule has 0 aliphatic rings. The van der Waals surface area contributed by atoms with E-state index in [4.69, 9.17) is 23.7 Å². The standard InChI is InChI=1S/C22H34O5S2/c1-23-10-11-25-14-15-27-17-16-26-13-12-24-9-4-2-3-6-20-8-19-29-22(20)21-7-5-18-28-21/h5,7-8,18-19H,2-4,6,9-17H2,1H3. The molecule has 0 N–H and O–H groups in total. The Morgan fingerprint density at radius 1 is 0.655 bits per heavy atom. The largest absolute Gasteiger partial charge is 0.382 e. The second-order valence-corrected chi connectivity index (χ2v) is 8.37. The van der Waals surface area contributed by atoms with Crippen LogP contribution in [-0.2, 0) is 30.1 Å². The zero-order valence-corrected chi connectivity index (χ0v) is 19.1. The predicted molar refractivity (Wildman–Crippen MR) is 120 cm³/mol. The maximum absolute atomic E-state index is 5.64. The highest BCUT2D eigenvalue weighted by Crippen LogP contribution is 2.33. The number of aryl methyl sites for hydroxylation is 1. The van der Waals surface area contributed by atoms with Crippen LogP contribution in [0.1, 0.15) is 24.8 Å². The Bertz CT molecular complexity index is 600. The van der Waals surface area contributed by atoms with Crippen LogP contribution < -0.4 is 0 Å². The molecule has 7 heteroatoms. The lowest BCUT2D eigenvalue weighted by Crippen LogP contribution is -2.13. The second-order valence-electron chi connectivity index (χ2n) is 6.51. The summed E-state index contributed by atoms with van der Waals surface area (Å²) < 4.78 is 26.8. The van der Waals surface area contributed by atoms with Gasteiger partial charge < -0.3 is 23.7 Å². The third kappa shape index (κ3) is 11.2. The Balaban J connectivity index is 1.33. The summed E-state index contributed by atoms with van der Waals surface area (Å²) in [6.45, 7) is 5.66. The van der Waals surface area contributed by atoms with E-state index in [1.54, 1.807) is 7.11 Å². The minimum atomic E-state index is 0.587. The molecule has 0 bridgehead atoms. The van der Waals surface area contributed by atoms with Gasteiger partial charge in [-0.1, -0.05) is 12.5 Å². The summed E-state index contributed by atoms with van der Waals surface area (Å²) in [5.74, 6) is 0. The maximum Gasteiger partial charge on any atom is 0.0701 e. The lowest BCUT2D eigenvalue weighted by Gasteiger charge is -2.07. The van der Waals surface area contributed by atoms with Gasteiger partial charge in [-0.15, -0.1) is 22.7 Å². The van der Waals surface area contributed by atoms with Crippen molar-refractivity contribution < 1.29 is 23.7 Å². The van der Waals surface area contributed by atoms with Crippen molar-refractivity contribution in [3.05, 3.63) is 34.5 Å². The van der Waals surface area contributed by atoms with Gasteiger partial charge in [0.05, 0.1) is 52.9 Å². The Hall–Kier alpha value is -0.800. The van der Waals surface area contributed by atoms with Crippen LogP contribution in [0.5, 0.6) is 0 Å². The first-order valence-electron chi connectivity index (χ1n) is 10.3. The predicted octanol–water partition coefficient (Wildman–Crippen LogP) is 4.90. The highest BCUT2D eigenvalue weighted by molar-refractivity contribution is 7.20. The number of hydrogen-bond acceptors (Lipinski definition) is 7. The summed E-state index contributed by atoms with van der Waals surface area (Å²) in [5, 5.41) is 4.35. The van der Waals surface area contributed by atoms with Gasteiger partial charge in [0, 0.05) is 23.5 Å². The lowest BCUT2D eigenvalue weighted by atomic mass is 10.1. The van der Waals surface area contributed by atoms with E-state index < -0.39 is 0 Å². The molecule has 0 saturated carbocycles. The molecule has 0 aliphatic heterocycles. The van der Waals surface area contributed by atoms with Crippen molar-refractivity contribution in [2.75, 3.05) is 66.6 Å². The SMILES string of the molecule is COCCOCCOCCOCCOCCCCCc1ccsc1-c1cccs1. The van der Waals surface area contributed by atoms with E-state index in [1.807, 2.05) is 22.7 Å². The summed E-state index contributed by atoms with van der Waals surface area (Å²) in [6.07, 6.45) is 4.66. The molecule has 2 heterocycles. The molecule has 5 nitrogen and oxygen atoms in total. The average molecular weight is 443 g/mol. The highest BCUT2D eigenvalue weighted by Gasteiger charge is 2.07. The van der Waals surface area contributed by atoms with Gasteiger partial charge in [0.1, 0.15) is 0 Å². The minimum absolute atomic E-state index is 0.587. The van der Waals surface area contributed by atoms with Crippen LogP contribution in [-0.4, -0.2) is 66.6 Å². The van der Waals surface area contributed by atoms with Crippen molar-refractivity contribution in [3.63, 3.8) is 0 Å². The molecular formula is C22H34O5S2. The van der Waals surface area contributed by atoms with Crippen molar-refractivity contribution in [2.45, 2.75) is 25.7 Å². The third-order valence-electron chi connectivity index (χ3n) is 4.27. The number of thiophene rings is 2. The first-order chi connectivity index (χ1) is 14.4. The maximum atomic E-state index is 5.64. The molecule has 29 heavy (non-hydrogen) atoms. The summed E-state index contributed by atoms with van der Waals surface area (Å²) in [6, 6.07) is 6.60. The van der Waals surface area contributed by atoms with Gasteiger partial charge >= 0.3 is 0 Å². The van der Waals surface area contributed by atoms with E-state index in [1.165, 1.54) is 28.2 Å². The van der Waals surface area contributed by atoms with E-state index >= 15 is 0 Å². The van der Waals surface area contributed by atoms with Crippen LogP contribution in [0.15, 0.2) is 29.0 Å². The third-order valence-corrected chi connectivity index (χ3v) is 6.28. The zero-order chi connectivity index (χ0) is 20.4. The molecule has 0 atom stereocenters. The van der Waals surface area contributed by atoms with Crippen LogP contribution >= 0.6 is 22.7 Å². The number of ether oxygens (including phenoxy) is 5. The first-order valence-corrected chi connectivity index (χ1v) is 12.1. The van der Waals surface area contributed by atoms with Gasteiger partial charge in [0.25, 0.3) is 0 Å². The van der Waals surface area contributed by atoms with Gasteiger partial charge in [-0.05, 0) is 47.7 Å². The van der Waals surface area contributed by atoms with Crippen molar-refractivity contribution in [1.82, 2.24) is 0 Å². The Kier molecular flexibility index (Phi) is 14.3. The molecule has 164 valence electrons. The molecule has 0 amide bonds. The molecular weight excluding hydrogens is 408 g/mol. The summed E-state index contributed by atoms with van der Waals surface area (Å²) >= 11 is 3.67. The van der Waals surface area contributed by atoms with Gasteiger partial charge in [-0.2, -0.15) is 0 Å². The molecule has 2 aromatic heterocycles. The zero-order valence-electron chi connectivity index (χ0n) is 17.4. The van der Waals surface area contributed by atoms with Crippen LogP contribution in [0.25, 0.3) is 9.75 Å². The smallest absolute Gasteiger partial charge is 0.0701 e.